The fourth-order valence-electron chi connectivity index (χ4n) is 2.99. The summed E-state index contributed by atoms with van der Waals surface area (Å²) in [6.07, 6.45) is 5.52. The highest BCUT2D eigenvalue weighted by Crippen LogP contribution is 2.31. The van der Waals surface area contributed by atoms with Crippen LogP contribution in [0.2, 0.25) is 0 Å². The lowest BCUT2D eigenvalue weighted by Crippen LogP contribution is -2.40. The fourth-order valence-corrected chi connectivity index (χ4v) is 4.88. The maximum Gasteiger partial charge on any atom is 0.216 e. The van der Waals surface area contributed by atoms with Crippen LogP contribution >= 0.6 is 15.9 Å². The summed E-state index contributed by atoms with van der Waals surface area (Å²) in [5.74, 6) is 1.45. The molecule has 0 atom stereocenters. The van der Waals surface area contributed by atoms with Gasteiger partial charge in [-0.2, -0.15) is 0 Å². The van der Waals surface area contributed by atoms with Crippen molar-refractivity contribution in [3.05, 3.63) is 22.8 Å². The molecule has 22 heavy (non-hydrogen) atoms. The number of rotatable bonds is 5. The van der Waals surface area contributed by atoms with Gasteiger partial charge < -0.3 is 4.90 Å². The van der Waals surface area contributed by atoms with Gasteiger partial charge in [0.15, 0.2) is 0 Å². The summed E-state index contributed by atoms with van der Waals surface area (Å²) >= 11 is 3.40. The van der Waals surface area contributed by atoms with Crippen molar-refractivity contribution in [3.8, 4) is 0 Å². The van der Waals surface area contributed by atoms with Gasteiger partial charge in [0.05, 0.1) is 5.25 Å². The molecule has 1 aliphatic carbocycles. The van der Waals surface area contributed by atoms with Gasteiger partial charge in [0.25, 0.3) is 0 Å². The summed E-state index contributed by atoms with van der Waals surface area (Å²) in [6, 6.07) is 4.03. The lowest BCUT2D eigenvalue weighted by atomic mass is 9.97. The van der Waals surface area contributed by atoms with Crippen LogP contribution in [0, 0.1) is 5.92 Å². The molecule has 2 aliphatic rings. The van der Waals surface area contributed by atoms with Crippen molar-refractivity contribution < 1.29 is 8.42 Å². The van der Waals surface area contributed by atoms with Crippen LogP contribution in [0.1, 0.15) is 25.7 Å². The number of hydrogen-bond acceptors (Lipinski definition) is 4. The first kappa shape index (κ1) is 16.2. The second-order valence-corrected chi connectivity index (χ2v) is 9.53. The maximum absolute atomic E-state index is 12.2. The molecule has 3 rings (SSSR count). The van der Waals surface area contributed by atoms with E-state index in [-0.39, 0.29) is 5.25 Å². The van der Waals surface area contributed by atoms with Crippen molar-refractivity contribution in [2.75, 3.05) is 31.6 Å². The van der Waals surface area contributed by atoms with E-state index in [1.54, 1.807) is 11.4 Å². The Hall–Kier alpha value is -0.660. The minimum absolute atomic E-state index is 0.107. The average Bonchev–Trinajstić information content (AvgIpc) is 3.34. The van der Waals surface area contributed by atoms with Gasteiger partial charge in [-0.05, 0) is 59.7 Å². The Kier molecular flexibility index (Phi) is 4.75. The molecule has 0 spiro atoms. The highest BCUT2D eigenvalue weighted by molar-refractivity contribution is 9.10. The molecule has 0 N–H and O–H groups in total. The minimum Gasteiger partial charge on any atom is -0.357 e. The van der Waals surface area contributed by atoms with Crippen molar-refractivity contribution in [1.29, 1.82) is 0 Å². The Labute approximate surface area is 140 Å². The molecule has 1 saturated heterocycles. The molecule has 7 heteroatoms. The van der Waals surface area contributed by atoms with Gasteiger partial charge in [-0.15, -0.1) is 0 Å². The third kappa shape index (κ3) is 3.63. The van der Waals surface area contributed by atoms with Crippen molar-refractivity contribution in [2.24, 2.45) is 5.92 Å². The van der Waals surface area contributed by atoms with Crippen LogP contribution in [-0.4, -0.2) is 49.6 Å². The lowest BCUT2D eigenvalue weighted by molar-refractivity contribution is 0.327. The molecule has 0 aromatic carbocycles. The van der Waals surface area contributed by atoms with E-state index in [1.807, 2.05) is 18.3 Å². The molecule has 0 amide bonds. The molecule has 1 aromatic heterocycles. The van der Waals surface area contributed by atoms with Crippen LogP contribution in [0.3, 0.4) is 0 Å². The minimum atomic E-state index is -3.03. The lowest BCUT2D eigenvalue weighted by Gasteiger charge is -2.34. The molecule has 1 aromatic rings. The van der Waals surface area contributed by atoms with Gasteiger partial charge in [-0.25, -0.2) is 17.7 Å². The molecule has 2 fully saturated rings. The molecular weight excluding hydrogens is 366 g/mol. The van der Waals surface area contributed by atoms with E-state index in [1.165, 1.54) is 0 Å². The SMILES string of the molecule is CN(CC1CCN(c2ccc(Br)cn2)CC1)S(=O)(=O)C1CC1. The van der Waals surface area contributed by atoms with E-state index in [4.69, 9.17) is 0 Å². The topological polar surface area (TPSA) is 53.5 Å². The number of hydrogen-bond donors (Lipinski definition) is 0. The van der Waals surface area contributed by atoms with E-state index >= 15 is 0 Å². The summed E-state index contributed by atoms with van der Waals surface area (Å²) in [6.45, 7) is 2.54. The number of halogens is 1. The number of piperidine rings is 1. The van der Waals surface area contributed by atoms with Gasteiger partial charge in [0.2, 0.25) is 10.0 Å². The number of pyridine rings is 1. The fraction of sp³-hybridized carbons (Fsp3) is 0.667. The number of nitrogens with zero attached hydrogens (tertiary/aromatic N) is 3. The van der Waals surface area contributed by atoms with E-state index < -0.39 is 10.0 Å². The van der Waals surface area contributed by atoms with E-state index in [2.05, 4.69) is 25.8 Å². The predicted molar refractivity (Wildman–Crippen MR) is 91.4 cm³/mol. The Morgan fingerprint density at radius 1 is 1.27 bits per heavy atom. The highest BCUT2D eigenvalue weighted by Gasteiger charge is 2.39. The second-order valence-electron chi connectivity index (χ2n) is 6.29. The zero-order valence-corrected chi connectivity index (χ0v) is 15.2. The molecule has 0 bridgehead atoms. The molecule has 0 unspecified atom stereocenters. The molecule has 122 valence electrons. The Morgan fingerprint density at radius 2 is 1.95 bits per heavy atom. The number of anilines is 1. The summed E-state index contributed by atoms with van der Waals surface area (Å²) in [4.78, 5) is 6.71. The Morgan fingerprint density at radius 3 is 2.50 bits per heavy atom. The van der Waals surface area contributed by atoms with Gasteiger partial charge >= 0.3 is 0 Å². The summed E-state index contributed by atoms with van der Waals surface area (Å²) < 4.78 is 26.9. The van der Waals surface area contributed by atoms with Crippen LogP contribution < -0.4 is 4.90 Å². The standard InChI is InChI=1S/C15H22BrN3O2S/c1-18(22(20,21)14-3-4-14)11-12-6-8-19(9-7-12)15-5-2-13(16)10-17-15/h2,5,10,12,14H,3-4,6-9,11H2,1H3. The number of sulfonamides is 1. The van der Waals surface area contributed by atoms with Crippen molar-refractivity contribution in [1.82, 2.24) is 9.29 Å². The molecule has 5 nitrogen and oxygen atoms in total. The maximum atomic E-state index is 12.2. The monoisotopic (exact) mass is 387 g/mol. The van der Waals surface area contributed by atoms with Crippen molar-refractivity contribution in [3.63, 3.8) is 0 Å². The van der Waals surface area contributed by atoms with Crippen molar-refractivity contribution in [2.45, 2.75) is 30.9 Å². The predicted octanol–water partition coefficient (Wildman–Crippen LogP) is 2.48. The quantitative estimate of drug-likeness (QED) is 0.778. The molecule has 0 radical (unpaired) electrons. The first-order chi connectivity index (χ1) is 10.5. The average molecular weight is 388 g/mol. The van der Waals surface area contributed by atoms with Gasteiger partial charge in [0, 0.05) is 37.4 Å². The molecule has 1 aliphatic heterocycles. The van der Waals surface area contributed by atoms with Gasteiger partial charge in [-0.1, -0.05) is 0 Å². The zero-order chi connectivity index (χ0) is 15.7. The van der Waals surface area contributed by atoms with Gasteiger partial charge in [-0.3, -0.25) is 0 Å². The van der Waals surface area contributed by atoms with Crippen LogP contribution in [0.25, 0.3) is 0 Å². The second kappa shape index (κ2) is 6.45. The third-order valence-electron chi connectivity index (χ3n) is 4.55. The zero-order valence-electron chi connectivity index (χ0n) is 12.8. The summed E-state index contributed by atoms with van der Waals surface area (Å²) in [7, 11) is -1.30. The summed E-state index contributed by atoms with van der Waals surface area (Å²) in [5.41, 5.74) is 0. The van der Waals surface area contributed by atoms with Crippen molar-refractivity contribution >= 4 is 31.8 Å². The largest absolute Gasteiger partial charge is 0.357 e. The van der Waals surface area contributed by atoms with Crippen LogP contribution in [-0.2, 0) is 10.0 Å². The van der Waals surface area contributed by atoms with Crippen LogP contribution in [0.4, 0.5) is 5.82 Å². The van der Waals surface area contributed by atoms with E-state index in [0.29, 0.717) is 12.5 Å². The first-order valence-corrected chi connectivity index (χ1v) is 10.1. The Bertz CT molecular complexity index is 608. The Balaban J connectivity index is 1.52. The van der Waals surface area contributed by atoms with E-state index in [9.17, 15) is 8.42 Å². The summed E-state index contributed by atoms with van der Waals surface area (Å²) in [5, 5.41) is -0.107. The molecular formula is C15H22BrN3O2S. The smallest absolute Gasteiger partial charge is 0.216 e. The number of aromatic nitrogens is 1. The van der Waals surface area contributed by atoms with Crippen LogP contribution in [0.5, 0.6) is 0 Å². The highest BCUT2D eigenvalue weighted by atomic mass is 79.9. The third-order valence-corrected chi connectivity index (χ3v) is 7.35. The van der Waals surface area contributed by atoms with Crippen LogP contribution in [0.15, 0.2) is 22.8 Å². The molecule has 2 heterocycles. The normalized spacial score (nSPS) is 20.6. The van der Waals surface area contributed by atoms with Gasteiger partial charge in [0.1, 0.15) is 5.82 Å². The van der Waals surface area contributed by atoms with E-state index in [0.717, 1.165) is 49.1 Å². The molecule has 1 saturated carbocycles. The first-order valence-electron chi connectivity index (χ1n) is 7.78.